The Morgan fingerprint density at radius 2 is 2.26 bits per heavy atom. The monoisotopic (exact) mass is 437 g/mol. The number of nitrogens with zero attached hydrogens (tertiary/aromatic N) is 2. The topological polar surface area (TPSA) is 46.1 Å². The number of halogens is 1. The summed E-state index contributed by atoms with van der Waals surface area (Å²) in [6, 6.07) is 0. The summed E-state index contributed by atoms with van der Waals surface area (Å²) in [4.78, 5) is 7.21. The molecule has 1 unspecified atom stereocenters. The van der Waals surface area contributed by atoms with E-state index >= 15 is 0 Å². The van der Waals surface area contributed by atoms with Crippen molar-refractivity contribution in [2.75, 3.05) is 52.6 Å². The van der Waals surface area contributed by atoms with Crippen LogP contribution in [0.2, 0.25) is 0 Å². The molecule has 1 N–H and O–H groups in total. The zero-order valence-corrected chi connectivity index (χ0v) is 16.7. The van der Waals surface area contributed by atoms with E-state index < -0.39 is 0 Å². The summed E-state index contributed by atoms with van der Waals surface area (Å²) in [5.41, 5.74) is 0.392. The van der Waals surface area contributed by atoms with Gasteiger partial charge in [-0.25, -0.2) is 0 Å². The van der Waals surface area contributed by atoms with Crippen molar-refractivity contribution in [2.45, 2.75) is 39.0 Å². The van der Waals surface area contributed by atoms with Gasteiger partial charge in [-0.2, -0.15) is 0 Å². The fraction of sp³-hybridized carbons (Fsp3) is 0.941. The third kappa shape index (κ3) is 5.74. The molecule has 0 aromatic rings. The van der Waals surface area contributed by atoms with Crippen LogP contribution in [0.1, 0.15) is 39.0 Å². The molecule has 134 valence electrons. The molecular formula is C17H32IN3O2. The summed E-state index contributed by atoms with van der Waals surface area (Å²) in [7, 11) is 0. The Labute approximate surface area is 157 Å². The first-order valence-corrected chi connectivity index (χ1v) is 9.00. The van der Waals surface area contributed by atoms with Gasteiger partial charge in [-0.15, -0.1) is 24.0 Å². The lowest BCUT2D eigenvalue weighted by atomic mass is 9.87. The van der Waals surface area contributed by atoms with Crippen LogP contribution >= 0.6 is 24.0 Å². The highest BCUT2D eigenvalue weighted by atomic mass is 127. The Balaban J connectivity index is 0.00000192. The van der Waals surface area contributed by atoms with Gasteiger partial charge in [0.15, 0.2) is 5.96 Å². The van der Waals surface area contributed by atoms with E-state index in [-0.39, 0.29) is 24.0 Å². The first-order valence-electron chi connectivity index (χ1n) is 9.00. The predicted octanol–water partition coefficient (Wildman–Crippen LogP) is 2.50. The van der Waals surface area contributed by atoms with E-state index in [1.807, 2.05) is 0 Å². The van der Waals surface area contributed by atoms with E-state index in [2.05, 4.69) is 17.1 Å². The minimum atomic E-state index is 0. The molecule has 1 aliphatic carbocycles. The lowest BCUT2D eigenvalue weighted by Crippen LogP contribution is -2.41. The normalized spacial score (nSPS) is 27.5. The molecule has 0 amide bonds. The minimum absolute atomic E-state index is 0. The molecule has 1 spiro atoms. The molecule has 1 saturated carbocycles. The van der Waals surface area contributed by atoms with Crippen molar-refractivity contribution >= 4 is 29.9 Å². The first kappa shape index (κ1) is 19.2. The second-order valence-electron chi connectivity index (χ2n) is 7.08. The number of hydrogen-bond acceptors (Lipinski definition) is 3. The van der Waals surface area contributed by atoms with Crippen molar-refractivity contribution in [3.05, 3.63) is 0 Å². The van der Waals surface area contributed by atoms with Crippen LogP contribution in [-0.4, -0.2) is 63.5 Å². The molecular weight excluding hydrogens is 405 g/mol. The second-order valence-corrected chi connectivity index (χ2v) is 7.08. The summed E-state index contributed by atoms with van der Waals surface area (Å²) in [5, 5.41) is 3.44. The molecule has 0 bridgehead atoms. The van der Waals surface area contributed by atoms with Crippen molar-refractivity contribution in [1.82, 2.24) is 10.2 Å². The Morgan fingerprint density at radius 3 is 2.96 bits per heavy atom. The van der Waals surface area contributed by atoms with Gasteiger partial charge in [0.05, 0.1) is 6.61 Å². The molecule has 0 aromatic heterocycles. The Morgan fingerprint density at radius 1 is 1.39 bits per heavy atom. The van der Waals surface area contributed by atoms with Crippen LogP contribution in [-0.2, 0) is 9.47 Å². The van der Waals surface area contributed by atoms with Crippen molar-refractivity contribution in [3.63, 3.8) is 0 Å². The highest BCUT2D eigenvalue weighted by Crippen LogP contribution is 2.38. The fourth-order valence-corrected chi connectivity index (χ4v) is 3.40. The standard InChI is InChI=1S/C17H31N3O2.HI/c1-2-18-16(19-8-3-10-21-12-15-4-5-15)20-9-6-17(13-20)7-11-22-14-17;/h15H,2-14H2,1H3,(H,18,19);1H. The predicted molar refractivity (Wildman–Crippen MR) is 104 cm³/mol. The van der Waals surface area contributed by atoms with Gasteiger partial charge < -0.3 is 19.7 Å². The Kier molecular flexibility index (Phi) is 7.88. The lowest BCUT2D eigenvalue weighted by molar-refractivity contribution is 0.123. The van der Waals surface area contributed by atoms with E-state index in [1.54, 1.807) is 0 Å². The van der Waals surface area contributed by atoms with Crippen LogP contribution in [0.15, 0.2) is 4.99 Å². The molecule has 2 aliphatic heterocycles. The van der Waals surface area contributed by atoms with E-state index in [0.29, 0.717) is 5.41 Å². The summed E-state index contributed by atoms with van der Waals surface area (Å²) in [6.07, 6.45) is 6.19. The molecule has 2 saturated heterocycles. The Hall–Kier alpha value is -0.0800. The summed E-state index contributed by atoms with van der Waals surface area (Å²) in [6.45, 7) is 9.78. The first-order chi connectivity index (χ1) is 10.8. The number of ether oxygens (including phenoxy) is 2. The number of guanidine groups is 1. The molecule has 6 heteroatoms. The van der Waals surface area contributed by atoms with Gasteiger partial charge in [-0.1, -0.05) is 0 Å². The van der Waals surface area contributed by atoms with E-state index in [0.717, 1.165) is 70.9 Å². The fourth-order valence-electron chi connectivity index (χ4n) is 3.40. The van der Waals surface area contributed by atoms with Crippen LogP contribution in [0.5, 0.6) is 0 Å². The maximum absolute atomic E-state index is 5.68. The highest BCUT2D eigenvalue weighted by molar-refractivity contribution is 14.0. The number of rotatable bonds is 7. The van der Waals surface area contributed by atoms with Crippen molar-refractivity contribution < 1.29 is 9.47 Å². The third-order valence-corrected chi connectivity index (χ3v) is 5.02. The average Bonchev–Trinajstić information content (AvgIpc) is 3.08. The molecule has 3 fully saturated rings. The van der Waals surface area contributed by atoms with Crippen LogP contribution < -0.4 is 5.32 Å². The molecule has 3 aliphatic rings. The van der Waals surface area contributed by atoms with Crippen molar-refractivity contribution in [2.24, 2.45) is 16.3 Å². The largest absolute Gasteiger partial charge is 0.381 e. The van der Waals surface area contributed by atoms with E-state index in [9.17, 15) is 0 Å². The van der Waals surface area contributed by atoms with Crippen LogP contribution in [0, 0.1) is 11.3 Å². The number of aliphatic imine (C=N–C) groups is 1. The summed E-state index contributed by atoms with van der Waals surface area (Å²) in [5.74, 6) is 1.93. The SMILES string of the molecule is CCNC(=NCCCOCC1CC1)N1CCC2(CCOC2)C1.I. The van der Waals surface area contributed by atoms with Gasteiger partial charge in [0, 0.05) is 51.4 Å². The number of hydrogen-bond donors (Lipinski definition) is 1. The molecule has 1 atom stereocenters. The average molecular weight is 437 g/mol. The van der Waals surface area contributed by atoms with Gasteiger partial charge >= 0.3 is 0 Å². The van der Waals surface area contributed by atoms with Gasteiger partial charge in [0.1, 0.15) is 0 Å². The second kappa shape index (κ2) is 9.42. The van der Waals surface area contributed by atoms with Gasteiger partial charge in [-0.05, 0) is 44.9 Å². The van der Waals surface area contributed by atoms with Crippen molar-refractivity contribution in [1.29, 1.82) is 0 Å². The molecule has 0 aromatic carbocycles. The zero-order chi connectivity index (χ0) is 15.3. The molecule has 5 nitrogen and oxygen atoms in total. The summed E-state index contributed by atoms with van der Waals surface area (Å²) < 4.78 is 11.3. The smallest absolute Gasteiger partial charge is 0.193 e. The maximum atomic E-state index is 5.68. The van der Waals surface area contributed by atoms with Gasteiger partial charge in [0.25, 0.3) is 0 Å². The molecule has 2 heterocycles. The lowest BCUT2D eigenvalue weighted by Gasteiger charge is -2.25. The molecule has 23 heavy (non-hydrogen) atoms. The Bertz CT molecular complexity index is 382. The van der Waals surface area contributed by atoms with Crippen LogP contribution in [0.3, 0.4) is 0 Å². The van der Waals surface area contributed by atoms with Gasteiger partial charge in [-0.3, -0.25) is 4.99 Å². The number of likely N-dealkylation sites (tertiary alicyclic amines) is 1. The molecule has 0 radical (unpaired) electrons. The minimum Gasteiger partial charge on any atom is -0.381 e. The van der Waals surface area contributed by atoms with Crippen LogP contribution in [0.25, 0.3) is 0 Å². The highest BCUT2D eigenvalue weighted by Gasteiger charge is 2.42. The van der Waals surface area contributed by atoms with E-state index in [1.165, 1.54) is 25.7 Å². The van der Waals surface area contributed by atoms with Gasteiger partial charge in [0.2, 0.25) is 0 Å². The zero-order valence-electron chi connectivity index (χ0n) is 14.4. The van der Waals surface area contributed by atoms with E-state index in [4.69, 9.17) is 14.5 Å². The number of nitrogens with one attached hydrogen (secondary N) is 1. The third-order valence-electron chi connectivity index (χ3n) is 5.02. The quantitative estimate of drug-likeness (QED) is 0.288. The van der Waals surface area contributed by atoms with Crippen LogP contribution in [0.4, 0.5) is 0 Å². The van der Waals surface area contributed by atoms with Crippen molar-refractivity contribution in [3.8, 4) is 0 Å². The maximum Gasteiger partial charge on any atom is 0.193 e. The molecule has 3 rings (SSSR count). The summed E-state index contributed by atoms with van der Waals surface area (Å²) >= 11 is 0.